The minimum Gasteiger partial charge on any atom is -0.496 e. The summed E-state index contributed by atoms with van der Waals surface area (Å²) in [4.78, 5) is 0. The van der Waals surface area contributed by atoms with Crippen LogP contribution in [-0.4, -0.2) is 18.5 Å². The van der Waals surface area contributed by atoms with Crippen LogP contribution in [0.1, 0.15) is 16.7 Å². The summed E-state index contributed by atoms with van der Waals surface area (Å²) in [6.45, 7) is 0. The van der Waals surface area contributed by atoms with Gasteiger partial charge in [-0.3, -0.25) is 0 Å². The molecule has 2 aromatic rings. The summed E-state index contributed by atoms with van der Waals surface area (Å²) in [5.41, 5.74) is 5.27. The van der Waals surface area contributed by atoms with E-state index in [-0.39, 0.29) is 16.5 Å². The first-order chi connectivity index (χ1) is 12.3. The van der Waals surface area contributed by atoms with Crippen molar-refractivity contribution in [3.05, 3.63) is 65.0 Å². The molecule has 4 nitrogen and oxygen atoms in total. The number of methoxy groups -OCH3 is 1. The van der Waals surface area contributed by atoms with E-state index in [1.807, 2.05) is 30.3 Å². The van der Waals surface area contributed by atoms with Crippen molar-refractivity contribution in [3.8, 4) is 5.75 Å². The zero-order valence-corrected chi connectivity index (χ0v) is 14.4. The van der Waals surface area contributed by atoms with Crippen molar-refractivity contribution in [3.63, 3.8) is 0 Å². The minimum absolute atomic E-state index is 0.0640. The van der Waals surface area contributed by atoms with Crippen molar-refractivity contribution in [2.45, 2.75) is 11.9 Å². The quantitative estimate of drug-likeness (QED) is 0.358. The van der Waals surface area contributed by atoms with Gasteiger partial charge in [0.25, 0.3) is 0 Å². The summed E-state index contributed by atoms with van der Waals surface area (Å²) in [5, 5.41) is 7.52. The summed E-state index contributed by atoms with van der Waals surface area (Å²) < 4.78 is 56.8. The van der Waals surface area contributed by atoms with Crippen LogP contribution in [0.5, 0.6) is 5.75 Å². The van der Waals surface area contributed by atoms with Crippen molar-refractivity contribution < 1.29 is 22.3 Å². The van der Waals surface area contributed by atoms with Crippen LogP contribution < -0.4 is 10.5 Å². The maximum absolute atomic E-state index is 13.5. The predicted molar refractivity (Wildman–Crippen MR) is 94.9 cm³/mol. The first-order valence-corrected chi connectivity index (χ1v) is 8.27. The molecule has 0 aliphatic heterocycles. The Bertz CT molecular complexity index is 808. The molecule has 0 spiro atoms. The predicted octanol–water partition coefficient (Wildman–Crippen LogP) is 4.44. The fourth-order valence-electron chi connectivity index (χ4n) is 1.98. The normalized spacial score (nSPS) is 12.6. The number of ether oxygens (including phenoxy) is 1. The molecular formula is C17H15F4N3OS. The molecule has 0 atom stereocenters. The van der Waals surface area contributed by atoms with Crippen molar-refractivity contribution in [1.82, 2.24) is 0 Å². The number of amidine groups is 1. The van der Waals surface area contributed by atoms with Crippen LogP contribution in [0.3, 0.4) is 0 Å². The van der Waals surface area contributed by atoms with Crippen LogP contribution in [-0.2, 0) is 11.9 Å². The molecule has 0 aliphatic carbocycles. The lowest BCUT2D eigenvalue weighted by Crippen LogP contribution is -2.10. The number of alkyl halides is 3. The Kier molecular flexibility index (Phi) is 6.62. The molecule has 0 saturated heterocycles. The summed E-state index contributed by atoms with van der Waals surface area (Å²) in [6, 6.07) is 10.8. The van der Waals surface area contributed by atoms with Gasteiger partial charge in [0.2, 0.25) is 0 Å². The van der Waals surface area contributed by atoms with Gasteiger partial charge in [0.15, 0.2) is 5.17 Å². The average molecular weight is 385 g/mol. The van der Waals surface area contributed by atoms with Crippen molar-refractivity contribution in [2.24, 2.45) is 15.9 Å². The van der Waals surface area contributed by atoms with Gasteiger partial charge in [-0.1, -0.05) is 42.1 Å². The van der Waals surface area contributed by atoms with E-state index in [9.17, 15) is 17.6 Å². The van der Waals surface area contributed by atoms with Gasteiger partial charge >= 0.3 is 6.18 Å². The highest BCUT2D eigenvalue weighted by molar-refractivity contribution is 8.13. The molecule has 0 aliphatic rings. The topological polar surface area (TPSA) is 60.0 Å². The number of benzene rings is 2. The maximum atomic E-state index is 13.5. The highest BCUT2D eigenvalue weighted by Gasteiger charge is 2.35. The SMILES string of the molecule is COc1cc(F)c(C(F)(F)F)cc1C=NN=C(N)SCc1ccccc1. The Balaban J connectivity index is 2.13. The monoisotopic (exact) mass is 385 g/mol. The zero-order chi connectivity index (χ0) is 19.2. The highest BCUT2D eigenvalue weighted by atomic mass is 32.2. The maximum Gasteiger partial charge on any atom is 0.419 e. The van der Waals surface area contributed by atoms with Gasteiger partial charge in [-0.25, -0.2) is 4.39 Å². The fourth-order valence-corrected chi connectivity index (χ4v) is 2.59. The van der Waals surface area contributed by atoms with Crippen molar-refractivity contribution in [2.75, 3.05) is 7.11 Å². The molecule has 2 N–H and O–H groups in total. The van der Waals surface area contributed by atoms with E-state index in [4.69, 9.17) is 10.5 Å². The molecule has 0 unspecified atom stereocenters. The summed E-state index contributed by atoms with van der Waals surface area (Å²) in [7, 11) is 1.21. The van der Waals surface area contributed by atoms with Crippen LogP contribution in [0.2, 0.25) is 0 Å². The van der Waals surface area contributed by atoms with Gasteiger partial charge in [0, 0.05) is 17.4 Å². The van der Waals surface area contributed by atoms with Crippen molar-refractivity contribution in [1.29, 1.82) is 0 Å². The van der Waals surface area contributed by atoms with Crippen LogP contribution in [0, 0.1) is 5.82 Å². The standard InChI is InChI=1S/C17H15F4N3OS/c1-25-15-8-14(18)13(17(19,20)21)7-12(15)9-23-24-16(22)26-10-11-5-3-2-4-6-11/h2-9H,10H2,1H3,(H2,22,24). The van der Waals surface area contributed by atoms with Crippen LogP contribution in [0.4, 0.5) is 17.6 Å². The van der Waals surface area contributed by atoms with E-state index in [1.54, 1.807) is 0 Å². The molecule has 0 saturated carbocycles. The molecule has 26 heavy (non-hydrogen) atoms. The highest BCUT2D eigenvalue weighted by Crippen LogP contribution is 2.34. The molecule has 0 radical (unpaired) electrons. The second-order valence-corrected chi connectivity index (χ2v) is 6.02. The number of nitrogens with zero attached hydrogens (tertiary/aromatic N) is 2. The Hall–Kier alpha value is -2.55. The molecule has 138 valence electrons. The van der Waals surface area contributed by atoms with Gasteiger partial charge < -0.3 is 10.5 Å². The smallest absolute Gasteiger partial charge is 0.419 e. The number of hydrogen-bond acceptors (Lipinski definition) is 4. The lowest BCUT2D eigenvalue weighted by Gasteiger charge is -2.11. The lowest BCUT2D eigenvalue weighted by molar-refractivity contribution is -0.140. The third-order valence-electron chi connectivity index (χ3n) is 3.21. The summed E-state index contributed by atoms with van der Waals surface area (Å²) in [6.07, 6.45) is -3.80. The fraction of sp³-hybridized carbons (Fsp3) is 0.176. The molecule has 2 rings (SSSR count). The van der Waals surface area contributed by atoms with E-state index in [0.29, 0.717) is 17.9 Å². The molecule has 0 bridgehead atoms. The third kappa shape index (κ3) is 5.48. The number of rotatable bonds is 5. The first kappa shape index (κ1) is 19.8. The number of nitrogens with two attached hydrogens (primary N) is 1. The van der Waals surface area contributed by atoms with E-state index in [1.165, 1.54) is 18.9 Å². The Morgan fingerprint density at radius 2 is 1.92 bits per heavy atom. The lowest BCUT2D eigenvalue weighted by atomic mass is 10.1. The molecule has 0 heterocycles. The first-order valence-electron chi connectivity index (χ1n) is 7.29. The van der Waals surface area contributed by atoms with Crippen LogP contribution in [0.25, 0.3) is 0 Å². The second kappa shape index (κ2) is 8.70. The van der Waals surface area contributed by atoms with Gasteiger partial charge in [0.1, 0.15) is 11.6 Å². The Morgan fingerprint density at radius 3 is 2.54 bits per heavy atom. The minimum atomic E-state index is -4.83. The largest absolute Gasteiger partial charge is 0.496 e. The number of hydrogen-bond donors (Lipinski definition) is 1. The van der Waals surface area contributed by atoms with E-state index >= 15 is 0 Å². The number of halogens is 4. The molecule has 9 heteroatoms. The molecule has 2 aromatic carbocycles. The van der Waals surface area contributed by atoms with Gasteiger partial charge in [0.05, 0.1) is 18.9 Å². The second-order valence-electron chi connectivity index (χ2n) is 5.03. The van der Waals surface area contributed by atoms with Gasteiger partial charge in [-0.15, -0.1) is 5.10 Å². The van der Waals surface area contributed by atoms with Crippen LogP contribution in [0.15, 0.2) is 52.7 Å². The van der Waals surface area contributed by atoms with E-state index in [0.717, 1.165) is 11.8 Å². The number of thioether (sulfide) groups is 1. The van der Waals surface area contributed by atoms with Gasteiger partial charge in [-0.05, 0) is 11.6 Å². The Morgan fingerprint density at radius 1 is 1.23 bits per heavy atom. The van der Waals surface area contributed by atoms with Crippen molar-refractivity contribution >= 4 is 23.1 Å². The third-order valence-corrected chi connectivity index (χ3v) is 4.06. The van der Waals surface area contributed by atoms with Gasteiger partial charge in [-0.2, -0.15) is 18.3 Å². The summed E-state index contributed by atoms with van der Waals surface area (Å²) >= 11 is 1.23. The zero-order valence-electron chi connectivity index (χ0n) is 13.6. The Labute approximate surface area is 151 Å². The van der Waals surface area contributed by atoms with Crippen LogP contribution >= 0.6 is 11.8 Å². The molecule has 0 amide bonds. The molecule has 0 aromatic heterocycles. The van der Waals surface area contributed by atoms with E-state index in [2.05, 4.69) is 10.2 Å². The van der Waals surface area contributed by atoms with E-state index < -0.39 is 17.6 Å². The average Bonchev–Trinajstić information content (AvgIpc) is 2.60. The molecular weight excluding hydrogens is 370 g/mol. The summed E-state index contributed by atoms with van der Waals surface area (Å²) in [5.74, 6) is -0.943. The molecule has 0 fully saturated rings.